The molecule has 1 aliphatic carbocycles. The Morgan fingerprint density at radius 3 is 1.91 bits per heavy atom. The first kappa shape index (κ1) is 31.9. The third-order valence-corrected chi connectivity index (χ3v) is 7.72. The predicted molar refractivity (Wildman–Crippen MR) is 142 cm³/mol. The zero-order valence-electron chi connectivity index (χ0n) is 22.7. The molecule has 0 unspecified atom stereocenters. The first-order valence-electron chi connectivity index (χ1n) is 14.8. The van der Waals surface area contributed by atoms with Crippen LogP contribution in [0.2, 0.25) is 0 Å². The van der Waals surface area contributed by atoms with E-state index in [0.717, 1.165) is 70.6 Å². The lowest BCUT2D eigenvalue weighted by Gasteiger charge is -2.34. The third kappa shape index (κ3) is 14.3. The zero-order chi connectivity index (χ0) is 25.9. The van der Waals surface area contributed by atoms with Crippen molar-refractivity contribution in [3.63, 3.8) is 0 Å². The number of nitrogens with two attached hydrogens (primary N) is 1. The smallest absolute Gasteiger partial charge is 0.309 e. The average Bonchev–Trinajstić information content (AvgIpc) is 2.82. The molecular weight excluding hydrogens is 442 g/mol. The van der Waals surface area contributed by atoms with E-state index >= 15 is 0 Å². The van der Waals surface area contributed by atoms with Gasteiger partial charge in [-0.3, -0.25) is 9.59 Å². The number of hydrogen-bond donors (Lipinski definition) is 3. The Hall–Kier alpha value is -1.14. The molecule has 0 aromatic rings. The molecule has 5 atom stereocenters. The van der Waals surface area contributed by atoms with E-state index in [2.05, 4.69) is 13.8 Å². The van der Waals surface area contributed by atoms with Gasteiger partial charge in [0.1, 0.15) is 0 Å². The molecule has 6 nitrogen and oxygen atoms in total. The fourth-order valence-electron chi connectivity index (χ4n) is 5.46. The summed E-state index contributed by atoms with van der Waals surface area (Å²) in [6.45, 7) is 4.36. The highest BCUT2D eigenvalue weighted by Crippen LogP contribution is 2.30. The molecule has 1 fully saturated rings. The molecule has 0 radical (unpaired) electrons. The lowest BCUT2D eigenvalue weighted by atomic mass is 9.85. The van der Waals surface area contributed by atoms with Gasteiger partial charge in [0, 0.05) is 6.42 Å². The molecule has 0 saturated heterocycles. The van der Waals surface area contributed by atoms with Gasteiger partial charge < -0.3 is 20.7 Å². The summed E-state index contributed by atoms with van der Waals surface area (Å²) in [7, 11) is 0. The van der Waals surface area contributed by atoms with Crippen LogP contribution in [0, 0.1) is 11.8 Å². The SMILES string of the molecule is CCCCCCCCCCC[C@@H](C[C@H](O)[C@H](CCCCCC)C(=O)O)O[C@H]1CCCC[C@H]1C(N)=O. The van der Waals surface area contributed by atoms with Gasteiger partial charge in [0.2, 0.25) is 5.91 Å². The molecule has 1 rings (SSSR count). The summed E-state index contributed by atoms with van der Waals surface area (Å²) in [4.78, 5) is 23.9. The van der Waals surface area contributed by atoms with E-state index in [4.69, 9.17) is 10.5 Å². The van der Waals surface area contributed by atoms with Crippen molar-refractivity contribution >= 4 is 11.9 Å². The fourth-order valence-corrected chi connectivity index (χ4v) is 5.46. The first-order chi connectivity index (χ1) is 16.9. The number of ether oxygens (including phenoxy) is 1. The molecule has 4 N–H and O–H groups in total. The van der Waals surface area contributed by atoms with Gasteiger partial charge in [0.15, 0.2) is 0 Å². The number of carboxylic acid groups (broad SMARTS) is 1. The van der Waals surface area contributed by atoms with Gasteiger partial charge in [0.05, 0.1) is 30.1 Å². The Morgan fingerprint density at radius 2 is 1.34 bits per heavy atom. The Labute approximate surface area is 214 Å². The molecule has 0 spiro atoms. The topological polar surface area (TPSA) is 110 Å². The van der Waals surface area contributed by atoms with E-state index in [1.165, 1.54) is 44.9 Å². The van der Waals surface area contributed by atoms with Crippen molar-refractivity contribution in [3.8, 4) is 0 Å². The first-order valence-corrected chi connectivity index (χ1v) is 14.8. The third-order valence-electron chi connectivity index (χ3n) is 7.72. The average molecular weight is 498 g/mol. The van der Waals surface area contributed by atoms with Crippen LogP contribution in [0.1, 0.15) is 142 Å². The molecule has 1 aliphatic rings. The fraction of sp³-hybridized carbons (Fsp3) is 0.931. The standard InChI is InChI=1S/C29H55NO5/c1-3-5-7-9-10-11-12-13-14-18-23(35-27-21-17-16-20-25(27)28(30)32)22-26(31)24(29(33)34)19-15-8-6-4-2/h23-27,31H,3-22H2,1-2H3,(H2,30,32)(H,33,34)/t23-,24-,25+,26-,27-/m0/s1. The van der Waals surface area contributed by atoms with E-state index in [9.17, 15) is 19.8 Å². The number of aliphatic hydroxyl groups is 1. The maximum Gasteiger partial charge on any atom is 0.309 e. The number of aliphatic hydroxyl groups excluding tert-OH is 1. The second-order valence-corrected chi connectivity index (χ2v) is 10.8. The highest BCUT2D eigenvalue weighted by Gasteiger charge is 2.34. The molecule has 0 heterocycles. The molecule has 1 amide bonds. The maximum atomic E-state index is 12.0. The molecule has 6 heteroatoms. The van der Waals surface area contributed by atoms with Crippen molar-refractivity contribution in [2.24, 2.45) is 17.6 Å². The molecule has 0 bridgehead atoms. The van der Waals surface area contributed by atoms with Crippen LogP contribution in [0.25, 0.3) is 0 Å². The second-order valence-electron chi connectivity index (χ2n) is 10.8. The normalized spacial score (nSPS) is 20.9. The van der Waals surface area contributed by atoms with Gasteiger partial charge in [-0.05, 0) is 25.7 Å². The number of carboxylic acids is 1. The van der Waals surface area contributed by atoms with Crippen LogP contribution < -0.4 is 5.73 Å². The number of amides is 1. The van der Waals surface area contributed by atoms with Crippen LogP contribution >= 0.6 is 0 Å². The van der Waals surface area contributed by atoms with Crippen LogP contribution in [0.15, 0.2) is 0 Å². The van der Waals surface area contributed by atoms with Crippen molar-refractivity contribution in [1.29, 1.82) is 0 Å². The highest BCUT2D eigenvalue weighted by atomic mass is 16.5. The quantitative estimate of drug-likeness (QED) is 0.143. The summed E-state index contributed by atoms with van der Waals surface area (Å²) >= 11 is 0. The van der Waals surface area contributed by atoms with Crippen molar-refractivity contribution in [2.45, 2.75) is 161 Å². The summed E-state index contributed by atoms with van der Waals surface area (Å²) < 4.78 is 6.43. The number of hydrogen-bond acceptors (Lipinski definition) is 4. The van der Waals surface area contributed by atoms with Crippen molar-refractivity contribution < 1.29 is 24.5 Å². The minimum Gasteiger partial charge on any atom is -0.481 e. The van der Waals surface area contributed by atoms with Gasteiger partial charge in [-0.1, -0.05) is 110 Å². The Kier molecular flexibility index (Phi) is 18.2. The summed E-state index contributed by atoms with van der Waals surface area (Å²) in [6, 6.07) is 0. The minimum absolute atomic E-state index is 0.218. The lowest BCUT2D eigenvalue weighted by molar-refractivity contribution is -0.148. The van der Waals surface area contributed by atoms with Crippen molar-refractivity contribution in [3.05, 3.63) is 0 Å². The number of carbonyl (C=O) groups is 2. The van der Waals surface area contributed by atoms with Gasteiger partial charge in [0.25, 0.3) is 0 Å². The summed E-state index contributed by atoms with van der Waals surface area (Å²) in [5.41, 5.74) is 5.65. The molecule has 35 heavy (non-hydrogen) atoms. The zero-order valence-corrected chi connectivity index (χ0v) is 22.7. The van der Waals surface area contributed by atoms with Crippen LogP contribution in [0.5, 0.6) is 0 Å². The summed E-state index contributed by atoms with van der Waals surface area (Å²) in [5.74, 6) is -2.28. The van der Waals surface area contributed by atoms with Crippen molar-refractivity contribution in [1.82, 2.24) is 0 Å². The van der Waals surface area contributed by atoms with E-state index < -0.39 is 18.0 Å². The summed E-state index contributed by atoms with van der Waals surface area (Å²) in [5, 5.41) is 20.6. The Bertz CT molecular complexity index is 555. The van der Waals surface area contributed by atoms with E-state index in [0.29, 0.717) is 12.8 Å². The number of rotatable bonds is 22. The monoisotopic (exact) mass is 497 g/mol. The van der Waals surface area contributed by atoms with E-state index in [1.54, 1.807) is 0 Å². The van der Waals surface area contributed by atoms with Gasteiger partial charge in [-0.15, -0.1) is 0 Å². The molecule has 1 saturated carbocycles. The van der Waals surface area contributed by atoms with Gasteiger partial charge in [-0.25, -0.2) is 0 Å². The minimum atomic E-state index is -0.937. The van der Waals surface area contributed by atoms with Crippen LogP contribution in [0.3, 0.4) is 0 Å². The molecule has 206 valence electrons. The van der Waals surface area contributed by atoms with Crippen LogP contribution in [0.4, 0.5) is 0 Å². The van der Waals surface area contributed by atoms with Crippen LogP contribution in [-0.2, 0) is 14.3 Å². The van der Waals surface area contributed by atoms with Gasteiger partial charge in [-0.2, -0.15) is 0 Å². The van der Waals surface area contributed by atoms with Crippen molar-refractivity contribution in [2.75, 3.05) is 0 Å². The number of primary amides is 1. The second kappa shape index (κ2) is 20.0. The largest absolute Gasteiger partial charge is 0.481 e. The Balaban J connectivity index is 2.63. The Morgan fingerprint density at radius 1 is 0.829 bits per heavy atom. The molecule has 0 aromatic carbocycles. The number of aliphatic carboxylic acids is 1. The van der Waals surface area contributed by atoms with E-state index in [-0.39, 0.29) is 24.0 Å². The molecular formula is C29H55NO5. The lowest BCUT2D eigenvalue weighted by Crippen LogP contribution is -2.41. The van der Waals surface area contributed by atoms with Gasteiger partial charge >= 0.3 is 5.97 Å². The van der Waals surface area contributed by atoms with E-state index in [1.807, 2.05) is 0 Å². The molecule has 0 aromatic heterocycles. The number of carbonyl (C=O) groups excluding carboxylic acids is 1. The number of unbranched alkanes of at least 4 members (excludes halogenated alkanes) is 11. The van der Waals surface area contributed by atoms with Crippen LogP contribution in [-0.4, -0.2) is 40.4 Å². The highest BCUT2D eigenvalue weighted by molar-refractivity contribution is 5.77. The predicted octanol–water partition coefficient (Wildman–Crippen LogP) is 6.76. The summed E-state index contributed by atoms with van der Waals surface area (Å²) in [6.07, 6.45) is 18.8. The maximum absolute atomic E-state index is 12.0. The molecule has 0 aliphatic heterocycles.